The van der Waals surface area contributed by atoms with Crippen LogP contribution < -0.4 is 10.7 Å². The molecule has 0 radical (unpaired) electrons. The quantitative estimate of drug-likeness (QED) is 0.455. The van der Waals surface area contributed by atoms with Gasteiger partial charge in [-0.3, -0.25) is 9.59 Å². The minimum absolute atomic E-state index is 0.161. The van der Waals surface area contributed by atoms with Crippen molar-refractivity contribution < 1.29 is 9.59 Å². The number of para-hydroxylation sites is 1. The van der Waals surface area contributed by atoms with Gasteiger partial charge in [0.2, 0.25) is 0 Å². The Hall–Kier alpha value is -2.93. The topological polar surface area (TPSA) is 86.3 Å². The molecule has 0 fully saturated rings. The lowest BCUT2D eigenvalue weighted by Gasteiger charge is -2.05. The molecule has 3 N–H and O–H groups in total. The predicted octanol–water partition coefficient (Wildman–Crippen LogP) is 2.81. The number of benzene rings is 2. The molecule has 0 aliphatic rings. The first-order valence-corrected chi connectivity index (χ1v) is 8.35. The molecule has 7 heteroatoms. The Morgan fingerprint density at radius 1 is 1.12 bits per heavy atom. The van der Waals surface area contributed by atoms with Gasteiger partial charge >= 0.3 is 0 Å². The highest BCUT2D eigenvalue weighted by Gasteiger charge is 2.10. The Bertz CT molecular complexity index is 949. The van der Waals surface area contributed by atoms with E-state index in [0.29, 0.717) is 10.0 Å². The number of aromatic nitrogens is 1. The number of carbonyl (C=O) groups is 2. The second-order valence-corrected chi connectivity index (χ2v) is 6.10. The average Bonchev–Trinajstić information content (AvgIpc) is 3.03. The number of rotatable bonds is 5. The summed E-state index contributed by atoms with van der Waals surface area (Å²) >= 11 is 3.30. The summed E-state index contributed by atoms with van der Waals surface area (Å²) in [5, 5.41) is 7.50. The largest absolute Gasteiger partial charge is 0.361 e. The van der Waals surface area contributed by atoms with Gasteiger partial charge in [0.1, 0.15) is 0 Å². The first kappa shape index (κ1) is 16.9. The van der Waals surface area contributed by atoms with Crippen molar-refractivity contribution in [3.05, 3.63) is 70.3 Å². The summed E-state index contributed by atoms with van der Waals surface area (Å²) in [7, 11) is 0. The van der Waals surface area contributed by atoms with Crippen molar-refractivity contribution >= 4 is 44.9 Å². The van der Waals surface area contributed by atoms with Crippen molar-refractivity contribution in [3.63, 3.8) is 0 Å². The van der Waals surface area contributed by atoms with Gasteiger partial charge in [0, 0.05) is 27.1 Å². The second kappa shape index (κ2) is 7.76. The summed E-state index contributed by atoms with van der Waals surface area (Å²) < 4.78 is 0.672. The van der Waals surface area contributed by atoms with Crippen molar-refractivity contribution in [2.45, 2.75) is 0 Å². The lowest BCUT2D eigenvalue weighted by molar-refractivity contribution is -0.120. The number of H-pyrrole nitrogens is 1. The monoisotopic (exact) mass is 398 g/mol. The lowest BCUT2D eigenvalue weighted by Crippen LogP contribution is -2.35. The number of nitrogens with zero attached hydrogens (tertiary/aromatic N) is 1. The van der Waals surface area contributed by atoms with E-state index >= 15 is 0 Å². The zero-order chi connectivity index (χ0) is 17.6. The molecular formula is C18H15BrN4O2. The molecule has 25 heavy (non-hydrogen) atoms. The molecule has 1 heterocycles. The smallest absolute Gasteiger partial charge is 0.259 e. The van der Waals surface area contributed by atoms with Gasteiger partial charge in [-0.15, -0.1) is 0 Å². The van der Waals surface area contributed by atoms with Crippen LogP contribution in [0.15, 0.2) is 64.3 Å². The van der Waals surface area contributed by atoms with Crippen molar-refractivity contribution in [2.75, 3.05) is 6.54 Å². The fourth-order valence-electron chi connectivity index (χ4n) is 2.32. The van der Waals surface area contributed by atoms with Crippen LogP contribution in [0.4, 0.5) is 0 Å². The van der Waals surface area contributed by atoms with Gasteiger partial charge in [-0.05, 0) is 34.1 Å². The van der Waals surface area contributed by atoms with Crippen LogP contribution >= 0.6 is 15.9 Å². The standard InChI is InChI=1S/C18H15BrN4O2/c19-15-7-3-1-6-14(15)18(25)21-11-17(24)23-22-10-12-9-20-16-8-4-2-5-13(12)16/h1-10,20H,11H2,(H,21,25)(H,23,24). The van der Waals surface area contributed by atoms with Crippen LogP contribution in [-0.2, 0) is 4.79 Å². The minimum atomic E-state index is -0.406. The number of amides is 2. The molecule has 126 valence electrons. The molecule has 0 spiro atoms. The zero-order valence-corrected chi connectivity index (χ0v) is 14.7. The van der Waals surface area contributed by atoms with Crippen LogP contribution in [0.5, 0.6) is 0 Å². The molecule has 1 aromatic heterocycles. The third-order valence-corrected chi connectivity index (χ3v) is 4.23. The highest BCUT2D eigenvalue weighted by molar-refractivity contribution is 9.10. The van der Waals surface area contributed by atoms with E-state index in [9.17, 15) is 9.59 Å². The molecule has 2 aromatic carbocycles. The normalized spacial score (nSPS) is 10.9. The number of carbonyl (C=O) groups excluding carboxylic acids is 2. The van der Waals surface area contributed by atoms with E-state index in [2.05, 4.69) is 36.8 Å². The first-order chi connectivity index (χ1) is 12.1. The van der Waals surface area contributed by atoms with Gasteiger partial charge in [0.25, 0.3) is 11.8 Å². The highest BCUT2D eigenvalue weighted by atomic mass is 79.9. The molecule has 0 saturated carbocycles. The molecular weight excluding hydrogens is 384 g/mol. The maximum absolute atomic E-state index is 12.0. The molecule has 0 unspecified atom stereocenters. The van der Waals surface area contributed by atoms with Gasteiger partial charge in [-0.2, -0.15) is 5.10 Å². The van der Waals surface area contributed by atoms with Gasteiger partial charge < -0.3 is 10.3 Å². The predicted molar refractivity (Wildman–Crippen MR) is 101 cm³/mol. The summed E-state index contributed by atoms with van der Waals surface area (Å²) in [6, 6.07) is 14.8. The van der Waals surface area contributed by atoms with Crippen molar-refractivity contribution in [1.29, 1.82) is 0 Å². The van der Waals surface area contributed by atoms with Crippen LogP contribution in [0, 0.1) is 0 Å². The van der Waals surface area contributed by atoms with E-state index in [1.165, 1.54) is 0 Å². The van der Waals surface area contributed by atoms with Crippen LogP contribution in [0.25, 0.3) is 10.9 Å². The number of halogens is 1. The maximum Gasteiger partial charge on any atom is 0.259 e. The molecule has 0 aliphatic carbocycles. The van der Waals surface area contributed by atoms with Gasteiger partial charge in [0.05, 0.1) is 18.3 Å². The Morgan fingerprint density at radius 3 is 2.72 bits per heavy atom. The Morgan fingerprint density at radius 2 is 1.88 bits per heavy atom. The Balaban J connectivity index is 1.53. The summed E-state index contributed by atoms with van der Waals surface area (Å²) in [5.74, 6) is -0.736. The van der Waals surface area contributed by atoms with E-state index < -0.39 is 5.91 Å². The number of hydrogen-bond donors (Lipinski definition) is 3. The van der Waals surface area contributed by atoms with Crippen molar-refractivity contribution in [3.8, 4) is 0 Å². The third kappa shape index (κ3) is 4.13. The molecule has 3 rings (SSSR count). The number of hydrazone groups is 1. The van der Waals surface area contributed by atoms with Crippen LogP contribution in [0.1, 0.15) is 15.9 Å². The number of nitrogens with one attached hydrogen (secondary N) is 3. The number of fused-ring (bicyclic) bond motifs is 1. The van der Waals surface area contributed by atoms with E-state index in [0.717, 1.165) is 16.5 Å². The van der Waals surface area contributed by atoms with Gasteiger partial charge in [-0.25, -0.2) is 5.43 Å². The fourth-order valence-corrected chi connectivity index (χ4v) is 2.78. The Labute approximate surface area is 152 Å². The molecule has 3 aromatic rings. The number of aromatic amines is 1. The fraction of sp³-hybridized carbons (Fsp3) is 0.0556. The average molecular weight is 399 g/mol. The Kier molecular flexibility index (Phi) is 5.25. The van der Waals surface area contributed by atoms with E-state index in [-0.39, 0.29) is 12.5 Å². The SMILES string of the molecule is O=C(CNC(=O)c1ccccc1Br)NN=Cc1c[nH]c2ccccc12. The van der Waals surface area contributed by atoms with Crippen LogP contribution in [-0.4, -0.2) is 29.6 Å². The summed E-state index contributed by atoms with van der Waals surface area (Å²) in [5.41, 5.74) is 4.73. The van der Waals surface area contributed by atoms with E-state index in [1.54, 1.807) is 24.4 Å². The van der Waals surface area contributed by atoms with E-state index in [1.807, 2.05) is 36.5 Å². The van der Waals surface area contributed by atoms with Gasteiger partial charge in [0.15, 0.2) is 0 Å². The molecule has 0 atom stereocenters. The van der Waals surface area contributed by atoms with E-state index in [4.69, 9.17) is 0 Å². The first-order valence-electron chi connectivity index (χ1n) is 7.56. The van der Waals surface area contributed by atoms with Crippen molar-refractivity contribution in [2.24, 2.45) is 5.10 Å². The second-order valence-electron chi connectivity index (χ2n) is 5.25. The molecule has 0 aliphatic heterocycles. The molecule has 0 bridgehead atoms. The summed E-state index contributed by atoms with van der Waals surface area (Å²) in [6.07, 6.45) is 3.38. The zero-order valence-electron chi connectivity index (χ0n) is 13.1. The van der Waals surface area contributed by atoms with Crippen LogP contribution in [0.3, 0.4) is 0 Å². The minimum Gasteiger partial charge on any atom is -0.361 e. The summed E-state index contributed by atoms with van der Waals surface area (Å²) in [6.45, 7) is -0.161. The van der Waals surface area contributed by atoms with Crippen molar-refractivity contribution in [1.82, 2.24) is 15.7 Å². The molecule has 0 saturated heterocycles. The van der Waals surface area contributed by atoms with Gasteiger partial charge in [-0.1, -0.05) is 30.3 Å². The maximum atomic E-state index is 12.0. The lowest BCUT2D eigenvalue weighted by atomic mass is 10.2. The summed E-state index contributed by atoms with van der Waals surface area (Å²) in [4.78, 5) is 26.9. The third-order valence-electron chi connectivity index (χ3n) is 3.54. The number of hydrogen-bond acceptors (Lipinski definition) is 3. The molecule has 2 amide bonds. The molecule has 6 nitrogen and oxygen atoms in total. The van der Waals surface area contributed by atoms with Crippen LogP contribution in [0.2, 0.25) is 0 Å². The highest BCUT2D eigenvalue weighted by Crippen LogP contribution is 2.16.